The van der Waals surface area contributed by atoms with E-state index in [-0.39, 0.29) is 0 Å². The number of benzene rings is 2. The monoisotopic (exact) mass is 353 g/mol. The van der Waals surface area contributed by atoms with Crippen LogP contribution in [0.4, 0.5) is 0 Å². The van der Waals surface area contributed by atoms with Crippen LogP contribution in [0.25, 0.3) is 0 Å². The van der Waals surface area contributed by atoms with Crippen LogP contribution in [0.1, 0.15) is 16.7 Å². The van der Waals surface area contributed by atoms with Crippen LogP contribution in [0.3, 0.4) is 0 Å². The van der Waals surface area contributed by atoms with E-state index < -0.39 is 0 Å². The highest BCUT2D eigenvalue weighted by molar-refractivity contribution is 9.10. The van der Waals surface area contributed by atoms with Crippen molar-refractivity contribution in [2.24, 2.45) is 5.73 Å². The van der Waals surface area contributed by atoms with Crippen molar-refractivity contribution in [1.82, 2.24) is 0 Å². The summed E-state index contributed by atoms with van der Waals surface area (Å²) in [6.07, 6.45) is 0.790. The lowest BCUT2D eigenvalue weighted by molar-refractivity contribution is 0.301. The molecular weight excluding hydrogens is 338 g/mol. The Kier molecular flexibility index (Phi) is 5.46. The van der Waals surface area contributed by atoms with E-state index >= 15 is 0 Å². The second-order valence-electron chi connectivity index (χ2n) is 4.63. The van der Waals surface area contributed by atoms with Gasteiger partial charge in [-0.2, -0.15) is 0 Å². The molecule has 106 valence electrons. The fourth-order valence-corrected chi connectivity index (χ4v) is 2.92. The van der Waals surface area contributed by atoms with Crippen molar-refractivity contribution in [2.45, 2.75) is 20.0 Å². The lowest BCUT2D eigenvalue weighted by Gasteiger charge is -2.15. The van der Waals surface area contributed by atoms with Crippen LogP contribution in [0.2, 0.25) is 5.02 Å². The SMILES string of the molecule is Cc1cc(Br)cc(CCN)c1OCc1ccccc1Cl. The Morgan fingerprint density at radius 3 is 2.65 bits per heavy atom. The largest absolute Gasteiger partial charge is 0.488 e. The average Bonchev–Trinajstić information content (AvgIpc) is 2.40. The summed E-state index contributed by atoms with van der Waals surface area (Å²) in [7, 11) is 0. The van der Waals surface area contributed by atoms with Crippen LogP contribution in [0.15, 0.2) is 40.9 Å². The molecule has 2 nitrogen and oxygen atoms in total. The number of ether oxygens (including phenoxy) is 1. The third kappa shape index (κ3) is 3.75. The molecule has 0 spiro atoms. The summed E-state index contributed by atoms with van der Waals surface area (Å²) < 4.78 is 7.03. The molecule has 2 rings (SSSR count). The van der Waals surface area contributed by atoms with Crippen molar-refractivity contribution in [3.8, 4) is 5.75 Å². The molecule has 0 unspecified atom stereocenters. The summed E-state index contributed by atoms with van der Waals surface area (Å²) in [6, 6.07) is 11.8. The molecule has 0 saturated carbocycles. The smallest absolute Gasteiger partial charge is 0.126 e. The first-order valence-electron chi connectivity index (χ1n) is 6.47. The van der Waals surface area contributed by atoms with Gasteiger partial charge in [-0.15, -0.1) is 0 Å². The molecule has 0 heterocycles. The van der Waals surface area contributed by atoms with Gasteiger partial charge >= 0.3 is 0 Å². The first-order valence-corrected chi connectivity index (χ1v) is 7.64. The molecule has 0 atom stereocenters. The standard InChI is InChI=1S/C16H17BrClNO/c1-11-8-14(17)9-12(6-7-19)16(11)20-10-13-4-2-3-5-15(13)18/h2-5,8-9H,6-7,10,19H2,1H3. The van der Waals surface area contributed by atoms with Crippen LogP contribution in [0, 0.1) is 6.92 Å². The minimum absolute atomic E-state index is 0.458. The van der Waals surface area contributed by atoms with Gasteiger partial charge < -0.3 is 10.5 Å². The zero-order valence-electron chi connectivity index (χ0n) is 11.3. The van der Waals surface area contributed by atoms with E-state index in [0.29, 0.717) is 13.2 Å². The van der Waals surface area contributed by atoms with Gasteiger partial charge in [0.2, 0.25) is 0 Å². The average molecular weight is 355 g/mol. The van der Waals surface area contributed by atoms with Gasteiger partial charge in [-0.05, 0) is 49.2 Å². The third-order valence-corrected chi connectivity index (χ3v) is 3.89. The molecule has 20 heavy (non-hydrogen) atoms. The van der Waals surface area contributed by atoms with E-state index in [4.69, 9.17) is 22.1 Å². The number of hydrogen-bond donors (Lipinski definition) is 1. The molecule has 2 N–H and O–H groups in total. The van der Waals surface area contributed by atoms with Crippen molar-refractivity contribution >= 4 is 27.5 Å². The highest BCUT2D eigenvalue weighted by Crippen LogP contribution is 2.29. The van der Waals surface area contributed by atoms with E-state index in [2.05, 4.69) is 22.0 Å². The zero-order valence-corrected chi connectivity index (χ0v) is 13.7. The molecular formula is C16H17BrClNO. The first-order chi connectivity index (χ1) is 9.61. The first kappa shape index (κ1) is 15.4. The summed E-state index contributed by atoms with van der Waals surface area (Å²) >= 11 is 9.66. The quantitative estimate of drug-likeness (QED) is 0.858. The molecule has 0 saturated heterocycles. The molecule has 4 heteroatoms. The number of aryl methyl sites for hydroxylation is 1. The van der Waals surface area contributed by atoms with Crippen molar-refractivity contribution in [3.63, 3.8) is 0 Å². The van der Waals surface area contributed by atoms with E-state index in [1.54, 1.807) is 0 Å². The zero-order chi connectivity index (χ0) is 14.5. The van der Waals surface area contributed by atoms with Crippen molar-refractivity contribution in [1.29, 1.82) is 0 Å². The van der Waals surface area contributed by atoms with Gasteiger partial charge in [-0.1, -0.05) is 45.7 Å². The lowest BCUT2D eigenvalue weighted by Crippen LogP contribution is -2.07. The second kappa shape index (κ2) is 7.11. The molecule has 0 radical (unpaired) electrons. The molecule has 2 aromatic carbocycles. The highest BCUT2D eigenvalue weighted by atomic mass is 79.9. The summed E-state index contributed by atoms with van der Waals surface area (Å²) in [5, 5.41) is 0.725. The summed E-state index contributed by atoms with van der Waals surface area (Å²) in [5.41, 5.74) is 8.86. The van der Waals surface area contributed by atoms with Crippen LogP contribution in [0.5, 0.6) is 5.75 Å². The van der Waals surface area contributed by atoms with Gasteiger partial charge in [0, 0.05) is 15.1 Å². The molecule has 0 aromatic heterocycles. The number of hydrogen-bond acceptors (Lipinski definition) is 2. The second-order valence-corrected chi connectivity index (χ2v) is 5.95. The molecule has 2 aromatic rings. The maximum atomic E-state index is 6.15. The molecule has 0 amide bonds. The van der Waals surface area contributed by atoms with Crippen molar-refractivity contribution in [3.05, 3.63) is 62.6 Å². The number of rotatable bonds is 5. The Morgan fingerprint density at radius 2 is 1.95 bits per heavy atom. The van der Waals surface area contributed by atoms with Crippen LogP contribution < -0.4 is 10.5 Å². The Morgan fingerprint density at radius 1 is 1.20 bits per heavy atom. The lowest BCUT2D eigenvalue weighted by atomic mass is 10.1. The van der Waals surface area contributed by atoms with Gasteiger partial charge in [-0.3, -0.25) is 0 Å². The predicted octanol–water partition coefficient (Wildman–Crippen LogP) is 4.49. The topological polar surface area (TPSA) is 35.2 Å². The van der Waals surface area contributed by atoms with Gasteiger partial charge in [0.15, 0.2) is 0 Å². The highest BCUT2D eigenvalue weighted by Gasteiger charge is 2.10. The Bertz CT molecular complexity index is 601. The Labute approximate surface area is 133 Å². The van der Waals surface area contributed by atoms with Crippen molar-refractivity contribution < 1.29 is 4.74 Å². The third-order valence-electron chi connectivity index (χ3n) is 3.06. The molecule has 0 bridgehead atoms. The molecule has 0 aliphatic heterocycles. The predicted molar refractivity (Wildman–Crippen MR) is 87.4 cm³/mol. The summed E-state index contributed by atoms with van der Waals surface area (Å²) in [4.78, 5) is 0. The minimum Gasteiger partial charge on any atom is -0.488 e. The summed E-state index contributed by atoms with van der Waals surface area (Å²) in [6.45, 7) is 3.09. The summed E-state index contributed by atoms with van der Waals surface area (Å²) in [5.74, 6) is 0.901. The Hall–Kier alpha value is -1.03. The molecule has 0 fully saturated rings. The van der Waals surface area contributed by atoms with Gasteiger partial charge in [-0.25, -0.2) is 0 Å². The number of halogens is 2. The van der Waals surface area contributed by atoms with Crippen LogP contribution in [-0.2, 0) is 13.0 Å². The van der Waals surface area contributed by atoms with Gasteiger partial charge in [0.1, 0.15) is 12.4 Å². The maximum Gasteiger partial charge on any atom is 0.126 e. The molecule has 0 aliphatic rings. The van der Waals surface area contributed by atoms with E-state index in [0.717, 1.165) is 38.4 Å². The van der Waals surface area contributed by atoms with Gasteiger partial charge in [0.25, 0.3) is 0 Å². The normalized spacial score (nSPS) is 10.6. The Balaban J connectivity index is 2.22. The van der Waals surface area contributed by atoms with Crippen LogP contribution >= 0.6 is 27.5 Å². The molecule has 0 aliphatic carbocycles. The maximum absolute atomic E-state index is 6.15. The minimum atomic E-state index is 0.458. The fraction of sp³-hybridized carbons (Fsp3) is 0.250. The van der Waals surface area contributed by atoms with E-state index in [1.165, 1.54) is 0 Å². The number of nitrogens with two attached hydrogens (primary N) is 1. The van der Waals surface area contributed by atoms with Gasteiger partial charge in [0.05, 0.1) is 0 Å². The van der Waals surface area contributed by atoms with Crippen molar-refractivity contribution in [2.75, 3.05) is 6.54 Å². The van der Waals surface area contributed by atoms with Crippen LogP contribution in [-0.4, -0.2) is 6.54 Å². The van der Waals surface area contributed by atoms with E-state index in [9.17, 15) is 0 Å². The van der Waals surface area contributed by atoms with E-state index in [1.807, 2.05) is 37.3 Å². The fourth-order valence-electron chi connectivity index (χ4n) is 2.11.